The topological polar surface area (TPSA) is 89.9 Å². The minimum atomic E-state index is -0.990. The highest BCUT2D eigenvalue weighted by Crippen LogP contribution is 2.23. The highest BCUT2D eigenvalue weighted by atomic mass is 16.6. The first-order chi connectivity index (χ1) is 11.0. The summed E-state index contributed by atoms with van der Waals surface area (Å²) in [4.78, 5) is 32.8. The third-order valence-electron chi connectivity index (χ3n) is 2.91. The Morgan fingerprint density at radius 2 is 1.70 bits per heavy atom. The van der Waals surface area contributed by atoms with E-state index in [4.69, 9.17) is 9.84 Å². The molecular weight excluding hydrogens is 300 g/mol. The van der Waals surface area contributed by atoms with Gasteiger partial charge in [0.15, 0.2) is 6.61 Å². The molecule has 0 aliphatic carbocycles. The summed E-state index contributed by atoms with van der Waals surface area (Å²) >= 11 is 0. The molecular formula is C17H14O6. The van der Waals surface area contributed by atoms with Crippen molar-refractivity contribution in [2.24, 2.45) is 0 Å². The van der Waals surface area contributed by atoms with Crippen molar-refractivity contribution in [3.8, 4) is 16.9 Å². The fraction of sp³-hybridized carbons (Fsp3) is 0.118. The lowest BCUT2D eigenvalue weighted by Crippen LogP contribution is -2.17. The Bertz CT molecular complexity index is 733. The van der Waals surface area contributed by atoms with Crippen molar-refractivity contribution in [1.82, 2.24) is 0 Å². The number of esters is 2. The van der Waals surface area contributed by atoms with Crippen LogP contribution in [0.25, 0.3) is 11.1 Å². The van der Waals surface area contributed by atoms with Crippen molar-refractivity contribution < 1.29 is 29.0 Å². The van der Waals surface area contributed by atoms with Crippen LogP contribution in [0.4, 0.5) is 0 Å². The van der Waals surface area contributed by atoms with E-state index in [2.05, 4.69) is 4.74 Å². The van der Waals surface area contributed by atoms with E-state index in [0.717, 1.165) is 18.1 Å². The van der Waals surface area contributed by atoms with E-state index in [1.54, 1.807) is 42.5 Å². The first-order valence-corrected chi connectivity index (χ1v) is 6.73. The molecule has 0 atom stereocenters. The molecule has 118 valence electrons. The van der Waals surface area contributed by atoms with Gasteiger partial charge in [-0.25, -0.2) is 9.59 Å². The van der Waals surface area contributed by atoms with Gasteiger partial charge in [0.05, 0.1) is 5.56 Å². The Balaban J connectivity index is 2.05. The monoisotopic (exact) mass is 314 g/mol. The summed E-state index contributed by atoms with van der Waals surface area (Å²) in [6.07, 6.45) is 0. The molecule has 0 aliphatic heterocycles. The Morgan fingerprint density at radius 3 is 2.30 bits per heavy atom. The maximum atomic E-state index is 11.2. The predicted octanol–water partition coefficient (Wildman–Crippen LogP) is 2.52. The number of benzene rings is 2. The fourth-order valence-corrected chi connectivity index (χ4v) is 1.91. The van der Waals surface area contributed by atoms with Crippen molar-refractivity contribution >= 4 is 17.9 Å². The van der Waals surface area contributed by atoms with Gasteiger partial charge < -0.3 is 14.6 Å². The second-order valence-corrected chi connectivity index (χ2v) is 4.66. The number of hydrogen-bond acceptors (Lipinski definition) is 5. The molecule has 0 aromatic heterocycles. The highest BCUT2D eigenvalue weighted by molar-refractivity contribution is 5.89. The average Bonchev–Trinajstić information content (AvgIpc) is 2.53. The molecule has 0 saturated carbocycles. The normalized spacial score (nSPS) is 9.96. The van der Waals surface area contributed by atoms with E-state index in [-0.39, 0.29) is 12.2 Å². The van der Waals surface area contributed by atoms with E-state index < -0.39 is 17.9 Å². The summed E-state index contributed by atoms with van der Waals surface area (Å²) in [7, 11) is 0. The summed E-state index contributed by atoms with van der Waals surface area (Å²) < 4.78 is 9.54. The Kier molecular flexibility index (Phi) is 5.09. The smallest absolute Gasteiger partial charge is 0.351 e. The second kappa shape index (κ2) is 7.22. The molecule has 0 fully saturated rings. The van der Waals surface area contributed by atoms with E-state index >= 15 is 0 Å². The van der Waals surface area contributed by atoms with E-state index in [0.29, 0.717) is 5.75 Å². The number of ether oxygens (including phenoxy) is 2. The summed E-state index contributed by atoms with van der Waals surface area (Å²) in [5.41, 5.74) is 1.77. The minimum Gasteiger partial charge on any atom is -0.482 e. The highest BCUT2D eigenvalue weighted by Gasteiger charge is 2.08. The quantitative estimate of drug-likeness (QED) is 0.673. The molecule has 2 aromatic rings. The Hall–Kier alpha value is -3.15. The Morgan fingerprint density at radius 1 is 1.00 bits per heavy atom. The third-order valence-corrected chi connectivity index (χ3v) is 2.91. The lowest BCUT2D eigenvalue weighted by atomic mass is 10.0. The van der Waals surface area contributed by atoms with Crippen LogP contribution in [0, 0.1) is 0 Å². The van der Waals surface area contributed by atoms with Crippen LogP contribution in [0.15, 0.2) is 48.5 Å². The number of carbonyl (C=O) groups is 3. The zero-order valence-corrected chi connectivity index (χ0v) is 12.3. The maximum Gasteiger partial charge on any atom is 0.351 e. The number of aromatic carboxylic acids is 1. The summed E-state index contributed by atoms with van der Waals surface area (Å²) in [6, 6.07) is 13.3. The second-order valence-electron chi connectivity index (χ2n) is 4.66. The summed E-state index contributed by atoms with van der Waals surface area (Å²) in [6.45, 7) is 0.769. The van der Waals surface area contributed by atoms with Crippen LogP contribution in [0.2, 0.25) is 0 Å². The van der Waals surface area contributed by atoms with Gasteiger partial charge in [-0.15, -0.1) is 0 Å². The zero-order chi connectivity index (χ0) is 16.8. The van der Waals surface area contributed by atoms with Crippen LogP contribution >= 0.6 is 0 Å². The first-order valence-electron chi connectivity index (χ1n) is 6.73. The van der Waals surface area contributed by atoms with E-state index in [1.165, 1.54) is 6.07 Å². The van der Waals surface area contributed by atoms with Crippen molar-refractivity contribution in [1.29, 1.82) is 0 Å². The number of rotatable bonds is 5. The van der Waals surface area contributed by atoms with Gasteiger partial charge in [-0.05, 0) is 35.4 Å². The van der Waals surface area contributed by atoms with Crippen LogP contribution < -0.4 is 4.74 Å². The maximum absolute atomic E-state index is 11.2. The molecule has 0 amide bonds. The summed E-state index contributed by atoms with van der Waals surface area (Å²) in [5.74, 6) is -2.01. The standard InChI is InChI=1S/C17H14O6/c1-11(18)23-16(19)10-22-15-7-5-12(6-8-15)13-3-2-4-14(9-13)17(20)21/h2-9H,10H2,1H3,(H,20,21). The van der Waals surface area contributed by atoms with Gasteiger partial charge in [-0.1, -0.05) is 24.3 Å². The van der Waals surface area contributed by atoms with Crippen molar-refractivity contribution in [2.45, 2.75) is 6.92 Å². The third kappa shape index (κ3) is 4.67. The molecule has 0 saturated heterocycles. The number of hydrogen-bond donors (Lipinski definition) is 1. The van der Waals surface area contributed by atoms with Crippen molar-refractivity contribution in [2.75, 3.05) is 6.61 Å². The molecule has 0 bridgehead atoms. The van der Waals surface area contributed by atoms with Gasteiger partial charge in [-0.2, -0.15) is 0 Å². The SMILES string of the molecule is CC(=O)OC(=O)COc1ccc(-c2cccc(C(=O)O)c2)cc1. The summed E-state index contributed by atoms with van der Waals surface area (Å²) in [5, 5.41) is 9.00. The first kappa shape index (κ1) is 16.2. The largest absolute Gasteiger partial charge is 0.482 e. The van der Waals surface area contributed by atoms with E-state index in [9.17, 15) is 14.4 Å². The minimum absolute atomic E-state index is 0.204. The number of carbonyl (C=O) groups excluding carboxylic acids is 2. The molecule has 23 heavy (non-hydrogen) atoms. The lowest BCUT2D eigenvalue weighted by molar-refractivity contribution is -0.159. The molecule has 0 aliphatic rings. The Labute approximate surface area is 132 Å². The number of carboxylic acid groups (broad SMARTS) is 1. The zero-order valence-electron chi connectivity index (χ0n) is 12.3. The van der Waals surface area contributed by atoms with Crippen molar-refractivity contribution in [3.63, 3.8) is 0 Å². The molecule has 6 heteroatoms. The molecule has 0 heterocycles. The van der Waals surface area contributed by atoms with Gasteiger partial charge >= 0.3 is 17.9 Å². The molecule has 0 unspecified atom stereocenters. The predicted molar refractivity (Wildman–Crippen MR) is 81.1 cm³/mol. The van der Waals surface area contributed by atoms with Crippen molar-refractivity contribution in [3.05, 3.63) is 54.1 Å². The van der Waals surface area contributed by atoms with Crippen LogP contribution in [-0.2, 0) is 14.3 Å². The average molecular weight is 314 g/mol. The van der Waals surface area contributed by atoms with Gasteiger partial charge in [-0.3, -0.25) is 4.79 Å². The van der Waals surface area contributed by atoms with Gasteiger partial charge in [0.2, 0.25) is 0 Å². The van der Waals surface area contributed by atoms with Crippen LogP contribution in [0.5, 0.6) is 5.75 Å². The fourth-order valence-electron chi connectivity index (χ4n) is 1.91. The van der Waals surface area contributed by atoms with Crippen LogP contribution in [0.3, 0.4) is 0 Å². The van der Waals surface area contributed by atoms with Gasteiger partial charge in [0.25, 0.3) is 0 Å². The lowest BCUT2D eigenvalue weighted by Gasteiger charge is -2.07. The molecule has 0 radical (unpaired) electrons. The van der Waals surface area contributed by atoms with Gasteiger partial charge in [0.1, 0.15) is 5.75 Å². The molecule has 0 spiro atoms. The molecule has 1 N–H and O–H groups in total. The molecule has 2 rings (SSSR count). The molecule has 6 nitrogen and oxygen atoms in total. The number of carboxylic acids is 1. The van der Waals surface area contributed by atoms with Crippen LogP contribution in [0.1, 0.15) is 17.3 Å². The van der Waals surface area contributed by atoms with Gasteiger partial charge in [0, 0.05) is 6.92 Å². The molecule has 2 aromatic carbocycles. The van der Waals surface area contributed by atoms with E-state index in [1.807, 2.05) is 0 Å². The van der Waals surface area contributed by atoms with Crippen LogP contribution in [-0.4, -0.2) is 29.6 Å².